The van der Waals surface area contributed by atoms with Crippen molar-refractivity contribution in [2.45, 2.75) is 12.8 Å². The van der Waals surface area contributed by atoms with Crippen LogP contribution in [0.5, 0.6) is 0 Å². The first-order valence-electron chi connectivity index (χ1n) is 4.80. The largest absolute Gasteiger partial charge is 0.512 e. The molecular formula is C11H11FN2O2. The summed E-state index contributed by atoms with van der Waals surface area (Å²) in [6.45, 7) is 0. The van der Waals surface area contributed by atoms with Crippen LogP contribution in [-0.4, -0.2) is 10.9 Å². The molecule has 1 aromatic rings. The van der Waals surface area contributed by atoms with Crippen LogP contribution in [0.2, 0.25) is 0 Å². The second-order valence-corrected chi connectivity index (χ2v) is 3.54. The summed E-state index contributed by atoms with van der Waals surface area (Å²) in [6, 6.07) is 3.10. The minimum Gasteiger partial charge on any atom is -0.512 e. The highest BCUT2D eigenvalue weighted by molar-refractivity contribution is 5.92. The van der Waals surface area contributed by atoms with E-state index in [1.165, 1.54) is 6.07 Å². The van der Waals surface area contributed by atoms with Crippen LogP contribution in [0.1, 0.15) is 24.4 Å². The molecule has 0 unspecified atom stereocenters. The monoisotopic (exact) mass is 222 g/mol. The third kappa shape index (κ3) is 1.84. The first-order chi connectivity index (χ1) is 7.58. The Morgan fingerprint density at radius 2 is 2.19 bits per heavy atom. The molecule has 0 fully saturated rings. The summed E-state index contributed by atoms with van der Waals surface area (Å²) < 4.78 is 18.7. The van der Waals surface area contributed by atoms with Crippen molar-refractivity contribution < 1.29 is 13.9 Å². The molecule has 1 heterocycles. The normalized spacial score (nSPS) is 16.2. The van der Waals surface area contributed by atoms with Gasteiger partial charge in [-0.1, -0.05) is 0 Å². The van der Waals surface area contributed by atoms with Gasteiger partial charge in [0.1, 0.15) is 11.6 Å². The van der Waals surface area contributed by atoms with Crippen LogP contribution in [0.3, 0.4) is 0 Å². The molecule has 0 saturated heterocycles. The molecule has 16 heavy (non-hydrogen) atoms. The van der Waals surface area contributed by atoms with Gasteiger partial charge >= 0.3 is 0 Å². The highest BCUT2D eigenvalue weighted by atomic mass is 19.1. The number of rotatable bonds is 2. The Bertz CT molecular complexity index is 500. The van der Waals surface area contributed by atoms with Crippen LogP contribution < -0.4 is 5.73 Å². The Balaban J connectivity index is 2.37. The third-order valence-electron chi connectivity index (χ3n) is 2.38. The van der Waals surface area contributed by atoms with Gasteiger partial charge in [-0.25, -0.2) is 4.39 Å². The number of amidine groups is 1. The maximum absolute atomic E-state index is 13.5. The van der Waals surface area contributed by atoms with E-state index in [2.05, 4.69) is 0 Å². The van der Waals surface area contributed by atoms with Crippen LogP contribution in [0.4, 0.5) is 4.39 Å². The predicted molar refractivity (Wildman–Crippen MR) is 57.7 cm³/mol. The van der Waals surface area contributed by atoms with E-state index < -0.39 is 5.83 Å². The second-order valence-electron chi connectivity index (χ2n) is 3.54. The highest BCUT2D eigenvalue weighted by Crippen LogP contribution is 2.32. The number of aliphatic hydroxyl groups is 1. The van der Waals surface area contributed by atoms with Crippen molar-refractivity contribution in [1.29, 1.82) is 5.41 Å². The van der Waals surface area contributed by atoms with Crippen LogP contribution in [-0.2, 0) is 0 Å². The van der Waals surface area contributed by atoms with Gasteiger partial charge < -0.3 is 15.3 Å². The van der Waals surface area contributed by atoms with Crippen LogP contribution in [0.25, 0.3) is 5.57 Å². The number of allylic oxidation sites excluding steroid dienone is 4. The molecule has 0 bridgehead atoms. The van der Waals surface area contributed by atoms with Gasteiger partial charge in [-0.15, -0.1) is 0 Å². The zero-order valence-corrected chi connectivity index (χ0v) is 8.46. The zero-order chi connectivity index (χ0) is 11.7. The van der Waals surface area contributed by atoms with E-state index >= 15 is 0 Å². The van der Waals surface area contributed by atoms with Gasteiger partial charge in [0.25, 0.3) is 0 Å². The summed E-state index contributed by atoms with van der Waals surface area (Å²) in [4.78, 5) is 0. The van der Waals surface area contributed by atoms with Gasteiger partial charge in [0.05, 0.1) is 5.76 Å². The topological polar surface area (TPSA) is 83.2 Å². The van der Waals surface area contributed by atoms with Crippen molar-refractivity contribution in [1.82, 2.24) is 0 Å². The second kappa shape index (κ2) is 3.84. The molecule has 0 aliphatic heterocycles. The first-order valence-corrected chi connectivity index (χ1v) is 4.80. The molecule has 0 spiro atoms. The van der Waals surface area contributed by atoms with Crippen molar-refractivity contribution >= 4 is 11.4 Å². The van der Waals surface area contributed by atoms with E-state index in [0.29, 0.717) is 24.2 Å². The summed E-state index contributed by atoms with van der Waals surface area (Å²) in [5, 5.41) is 16.3. The number of hydrogen-bond acceptors (Lipinski definition) is 3. The van der Waals surface area contributed by atoms with Crippen molar-refractivity contribution in [3.8, 4) is 0 Å². The molecule has 5 heteroatoms. The number of nitrogens with two attached hydrogens (primary N) is 1. The van der Waals surface area contributed by atoms with Crippen molar-refractivity contribution in [2.75, 3.05) is 0 Å². The standard InChI is InChI=1S/C11H11FN2O2/c12-8-5-6(15)1-2-7(8)9-3-4-10(16-9)11(13)14/h3-5,15H,1-2H2,(H3,13,14). The molecule has 0 radical (unpaired) electrons. The maximum Gasteiger partial charge on any atom is 0.168 e. The molecule has 0 atom stereocenters. The number of hydrogen-bond donors (Lipinski definition) is 3. The van der Waals surface area contributed by atoms with Gasteiger partial charge in [0.15, 0.2) is 11.6 Å². The molecular weight excluding hydrogens is 211 g/mol. The van der Waals surface area contributed by atoms with Gasteiger partial charge in [-0.2, -0.15) is 0 Å². The summed E-state index contributed by atoms with van der Waals surface area (Å²) >= 11 is 0. The van der Waals surface area contributed by atoms with Crippen molar-refractivity contribution in [3.05, 3.63) is 41.3 Å². The highest BCUT2D eigenvalue weighted by Gasteiger charge is 2.18. The number of aliphatic hydroxyl groups excluding tert-OH is 1. The molecule has 2 rings (SSSR count). The molecule has 1 aliphatic rings. The quantitative estimate of drug-likeness (QED) is 0.531. The molecule has 1 aliphatic carbocycles. The van der Waals surface area contributed by atoms with Crippen LogP contribution in [0, 0.1) is 5.41 Å². The molecule has 0 aromatic carbocycles. The fraction of sp³-hybridized carbons (Fsp3) is 0.182. The SMILES string of the molecule is N=C(N)c1ccc(C2=C(F)C=C(O)CC2)o1. The Hall–Kier alpha value is -2.04. The number of nitrogens with one attached hydrogen (secondary N) is 1. The maximum atomic E-state index is 13.5. The van der Waals surface area contributed by atoms with Gasteiger partial charge in [-0.05, 0) is 18.6 Å². The summed E-state index contributed by atoms with van der Waals surface area (Å²) in [5.74, 6) is -0.102. The lowest BCUT2D eigenvalue weighted by atomic mass is 10.0. The average Bonchev–Trinajstić information content (AvgIpc) is 2.66. The molecule has 4 N–H and O–H groups in total. The van der Waals surface area contributed by atoms with Crippen LogP contribution >= 0.6 is 0 Å². The fourth-order valence-corrected chi connectivity index (χ4v) is 1.56. The van der Waals surface area contributed by atoms with Crippen molar-refractivity contribution in [3.63, 3.8) is 0 Å². The van der Waals surface area contributed by atoms with Crippen molar-refractivity contribution in [2.24, 2.45) is 5.73 Å². The average molecular weight is 222 g/mol. The lowest BCUT2D eigenvalue weighted by molar-refractivity contribution is 0.382. The van der Waals surface area contributed by atoms with Gasteiger partial charge in [0, 0.05) is 18.1 Å². The lowest BCUT2D eigenvalue weighted by Crippen LogP contribution is -2.09. The minimum absolute atomic E-state index is 0.0274. The lowest BCUT2D eigenvalue weighted by Gasteiger charge is -2.10. The minimum atomic E-state index is -0.506. The predicted octanol–water partition coefficient (Wildman–Crippen LogP) is 2.48. The fourth-order valence-electron chi connectivity index (χ4n) is 1.56. The number of furan rings is 1. The zero-order valence-electron chi connectivity index (χ0n) is 8.46. The molecule has 84 valence electrons. The van der Waals surface area contributed by atoms with E-state index in [-0.39, 0.29) is 17.4 Å². The smallest absolute Gasteiger partial charge is 0.168 e. The van der Waals surface area contributed by atoms with Gasteiger partial charge in [-0.3, -0.25) is 5.41 Å². The summed E-state index contributed by atoms with van der Waals surface area (Å²) in [7, 11) is 0. The van der Waals surface area contributed by atoms with E-state index in [1.807, 2.05) is 0 Å². The summed E-state index contributed by atoms with van der Waals surface area (Å²) in [6.07, 6.45) is 1.84. The van der Waals surface area contributed by atoms with E-state index in [1.54, 1.807) is 6.07 Å². The Kier molecular flexibility index (Phi) is 2.52. The molecule has 0 saturated carbocycles. The first kappa shape index (κ1) is 10.5. The van der Waals surface area contributed by atoms with E-state index in [0.717, 1.165) is 6.08 Å². The summed E-state index contributed by atoms with van der Waals surface area (Å²) in [5.41, 5.74) is 5.63. The molecule has 0 amide bonds. The van der Waals surface area contributed by atoms with Crippen LogP contribution in [0.15, 0.2) is 34.2 Å². The molecule has 4 nitrogen and oxygen atoms in total. The van der Waals surface area contributed by atoms with Gasteiger partial charge in [0.2, 0.25) is 0 Å². The third-order valence-corrected chi connectivity index (χ3v) is 2.38. The molecule has 1 aromatic heterocycles. The van der Waals surface area contributed by atoms with E-state index in [9.17, 15) is 4.39 Å². The Morgan fingerprint density at radius 1 is 1.44 bits per heavy atom. The Labute approximate surface area is 91.4 Å². The number of nitrogen functional groups attached to an aromatic ring is 1. The Morgan fingerprint density at radius 3 is 2.75 bits per heavy atom. The number of halogens is 1. The van der Waals surface area contributed by atoms with E-state index in [4.69, 9.17) is 20.7 Å².